The highest BCUT2D eigenvalue weighted by atomic mass is 15.2. The van der Waals surface area contributed by atoms with Gasteiger partial charge in [-0.25, -0.2) is 4.70 Å². The Morgan fingerprint density at radius 3 is 1.52 bits per heavy atom. The predicted molar refractivity (Wildman–Crippen MR) is 190 cm³/mol. The van der Waals surface area contributed by atoms with Gasteiger partial charge < -0.3 is 5.53 Å². The van der Waals surface area contributed by atoms with E-state index in [0.29, 0.717) is 0 Å². The number of allylic oxidation sites excluding steroid dienone is 2. The van der Waals surface area contributed by atoms with Crippen LogP contribution in [0.15, 0.2) is 60.2 Å². The van der Waals surface area contributed by atoms with Crippen molar-refractivity contribution in [1.82, 2.24) is 0 Å². The molecule has 0 atom stereocenters. The van der Waals surface area contributed by atoms with Gasteiger partial charge in [0.2, 0.25) is 11.4 Å². The summed E-state index contributed by atoms with van der Waals surface area (Å²) in [6.07, 6.45) is 23.9. The van der Waals surface area contributed by atoms with Crippen LogP contribution in [0.1, 0.15) is 152 Å². The zero-order valence-corrected chi connectivity index (χ0v) is 28.0. The van der Waals surface area contributed by atoms with E-state index in [2.05, 4.69) is 99.1 Å². The summed E-state index contributed by atoms with van der Waals surface area (Å²) in [5.74, 6) is 13.6. The minimum Gasteiger partial charge on any atom is -0.493 e. The molecule has 2 heteroatoms. The van der Waals surface area contributed by atoms with Gasteiger partial charge in [0.25, 0.3) is 0 Å². The van der Waals surface area contributed by atoms with E-state index in [1.54, 1.807) is 0 Å². The molecule has 2 nitrogen and oxygen atoms in total. The van der Waals surface area contributed by atoms with Crippen LogP contribution in [0.4, 0.5) is 0 Å². The molecule has 0 bridgehead atoms. The Bertz CT molecular complexity index is 1350. The monoisotopic (exact) mass is 588 g/mol. The molecule has 0 radical (unpaired) electrons. The molecule has 1 aliphatic rings. The van der Waals surface area contributed by atoms with Gasteiger partial charge in [-0.2, -0.15) is 0 Å². The Morgan fingerprint density at radius 1 is 0.545 bits per heavy atom. The third-order valence-electron chi connectivity index (χ3n) is 8.56. The maximum atomic E-state index is 11.7. The van der Waals surface area contributed by atoms with Crippen LogP contribution in [0.25, 0.3) is 16.9 Å². The molecule has 0 spiro atoms. The molecule has 0 fully saturated rings. The van der Waals surface area contributed by atoms with Gasteiger partial charge in [0.1, 0.15) is 0 Å². The number of rotatable bonds is 19. The molecule has 0 saturated heterocycles. The fourth-order valence-electron chi connectivity index (χ4n) is 5.98. The number of nitrogens with zero attached hydrogens (tertiary/aromatic N) is 2. The van der Waals surface area contributed by atoms with Crippen molar-refractivity contribution in [2.75, 3.05) is 0 Å². The summed E-state index contributed by atoms with van der Waals surface area (Å²) in [6.45, 7) is 6.69. The summed E-state index contributed by atoms with van der Waals surface area (Å²) in [6, 6.07) is 17.1. The van der Waals surface area contributed by atoms with Crippen molar-refractivity contribution in [3.63, 3.8) is 0 Å². The van der Waals surface area contributed by atoms with Crippen molar-refractivity contribution < 1.29 is 4.70 Å². The number of aryl methyl sites for hydroxylation is 2. The van der Waals surface area contributed by atoms with Crippen LogP contribution in [0, 0.1) is 23.7 Å². The molecule has 0 N–H and O–H groups in total. The first-order valence-electron chi connectivity index (χ1n) is 17.7. The molecule has 3 rings (SSSR count). The van der Waals surface area contributed by atoms with Crippen LogP contribution in [-0.4, -0.2) is 4.70 Å². The molecule has 0 aliphatic carbocycles. The van der Waals surface area contributed by atoms with Crippen LogP contribution in [0.5, 0.6) is 0 Å². The van der Waals surface area contributed by atoms with E-state index in [0.717, 1.165) is 80.3 Å². The van der Waals surface area contributed by atoms with Crippen molar-refractivity contribution in [2.24, 2.45) is 0 Å². The first-order chi connectivity index (χ1) is 21.7. The van der Waals surface area contributed by atoms with E-state index >= 15 is 0 Å². The highest BCUT2D eigenvalue weighted by molar-refractivity contribution is 5.80. The van der Waals surface area contributed by atoms with Crippen LogP contribution >= 0.6 is 0 Å². The highest BCUT2D eigenvalue weighted by Crippen LogP contribution is 2.39. The maximum Gasteiger partial charge on any atom is 0.211 e. The normalized spacial score (nSPS) is 12.5. The van der Waals surface area contributed by atoms with E-state index in [4.69, 9.17) is 0 Å². The average molecular weight is 589 g/mol. The van der Waals surface area contributed by atoms with Crippen molar-refractivity contribution in [3.05, 3.63) is 88.0 Å². The lowest BCUT2D eigenvalue weighted by Crippen LogP contribution is -2.06. The first kappa shape index (κ1) is 35.1. The molecular formula is C42H56N2. The van der Waals surface area contributed by atoms with Crippen molar-refractivity contribution in [2.45, 2.75) is 143 Å². The smallest absolute Gasteiger partial charge is 0.211 e. The topological polar surface area (TPSA) is 25.3 Å². The molecule has 0 unspecified atom stereocenters. The van der Waals surface area contributed by atoms with Gasteiger partial charge >= 0.3 is 0 Å². The molecule has 1 aliphatic heterocycles. The fraction of sp³-hybridized carbons (Fsp3) is 0.524. The third-order valence-corrected chi connectivity index (χ3v) is 8.56. The van der Waals surface area contributed by atoms with Crippen LogP contribution < -0.4 is 0 Å². The SMILES string of the molecule is CCCCCCCC#CCCCc1ccccc1C1=CC(CC)=C(c2ccccc2CCCC#CCCCCCCC)[N+]1=[N-]. The second-order valence-corrected chi connectivity index (χ2v) is 12.1. The Balaban J connectivity index is 1.59. The lowest BCUT2D eigenvalue weighted by Gasteiger charge is -2.14. The predicted octanol–water partition coefficient (Wildman–Crippen LogP) is 12.3. The molecule has 2 aromatic rings. The number of benzene rings is 2. The Kier molecular flexibility index (Phi) is 17.0. The summed E-state index contributed by atoms with van der Waals surface area (Å²) in [5, 5.41) is 0. The maximum absolute atomic E-state index is 11.7. The zero-order chi connectivity index (χ0) is 31.2. The Labute approximate surface area is 269 Å². The third kappa shape index (κ3) is 11.6. The first-order valence-corrected chi connectivity index (χ1v) is 17.7. The lowest BCUT2D eigenvalue weighted by molar-refractivity contribution is -0.344. The van der Waals surface area contributed by atoms with Crippen LogP contribution in [0.3, 0.4) is 0 Å². The Morgan fingerprint density at radius 2 is 1.00 bits per heavy atom. The number of hydrogen-bond donors (Lipinski definition) is 0. The van der Waals surface area contributed by atoms with Crippen molar-refractivity contribution >= 4 is 11.4 Å². The van der Waals surface area contributed by atoms with Crippen molar-refractivity contribution in [3.8, 4) is 23.7 Å². The fourth-order valence-corrected chi connectivity index (χ4v) is 5.98. The van der Waals surface area contributed by atoms with Crippen molar-refractivity contribution in [1.29, 1.82) is 0 Å². The number of unbranched alkanes of at least 4 members (excludes halogenated alkanes) is 12. The minimum atomic E-state index is 0.865. The molecule has 0 saturated carbocycles. The van der Waals surface area contributed by atoms with E-state index in [-0.39, 0.29) is 0 Å². The van der Waals surface area contributed by atoms with Gasteiger partial charge in [-0.15, -0.1) is 23.7 Å². The molecule has 234 valence electrons. The van der Waals surface area contributed by atoms with Crippen LogP contribution in [0.2, 0.25) is 0 Å². The van der Waals surface area contributed by atoms with Gasteiger partial charge in [0.05, 0.1) is 0 Å². The molecular weight excluding hydrogens is 532 g/mol. The summed E-state index contributed by atoms with van der Waals surface area (Å²) in [4.78, 5) is 0. The van der Waals surface area contributed by atoms with Crippen LogP contribution in [-0.2, 0) is 12.8 Å². The standard InChI is InChI=1S/C42H56N2/c1-4-7-9-11-13-15-17-19-21-23-29-37-31-25-27-33-39(37)41-35-36(6-3)42(44(41)43)40-34-28-26-32-38(40)30-24-22-20-18-16-14-12-10-8-5-2/h25-28,31-35H,4-16,21-24,29-30H2,1-3H3. The average Bonchev–Trinajstić information content (AvgIpc) is 3.38. The second kappa shape index (κ2) is 21.4. The second-order valence-electron chi connectivity index (χ2n) is 12.1. The summed E-state index contributed by atoms with van der Waals surface area (Å²) in [7, 11) is 0. The summed E-state index contributed by atoms with van der Waals surface area (Å²) < 4.78 is 1.45. The Hall–Kier alpha value is -3.36. The van der Waals surface area contributed by atoms with Gasteiger partial charge in [-0.3, -0.25) is 0 Å². The molecule has 0 aromatic heterocycles. The lowest BCUT2D eigenvalue weighted by atomic mass is 9.97. The molecule has 1 heterocycles. The van der Waals surface area contributed by atoms with Gasteiger partial charge in [0.15, 0.2) is 0 Å². The summed E-state index contributed by atoms with van der Waals surface area (Å²) >= 11 is 0. The van der Waals surface area contributed by atoms with Gasteiger partial charge in [-0.05, 0) is 68.2 Å². The summed E-state index contributed by atoms with van der Waals surface area (Å²) in [5.41, 5.74) is 19.4. The van der Waals surface area contributed by atoms with E-state index < -0.39 is 0 Å². The molecule has 2 aromatic carbocycles. The van der Waals surface area contributed by atoms with E-state index in [1.807, 2.05) is 0 Å². The molecule has 44 heavy (non-hydrogen) atoms. The number of hydrogen-bond acceptors (Lipinski definition) is 0. The zero-order valence-electron chi connectivity index (χ0n) is 28.0. The highest BCUT2D eigenvalue weighted by Gasteiger charge is 2.30. The quantitative estimate of drug-likeness (QED) is 0.0886. The van der Waals surface area contributed by atoms with E-state index in [1.165, 1.54) is 85.6 Å². The van der Waals surface area contributed by atoms with E-state index in [9.17, 15) is 5.53 Å². The minimum absolute atomic E-state index is 0.865. The van der Waals surface area contributed by atoms with Gasteiger partial charge in [0, 0.05) is 48.5 Å². The largest absolute Gasteiger partial charge is 0.493 e. The van der Waals surface area contributed by atoms with Gasteiger partial charge in [-0.1, -0.05) is 109 Å². The molecule has 0 amide bonds.